The first kappa shape index (κ1) is 67.6. The Morgan fingerprint density at radius 2 is 0.956 bits per heavy atom. The lowest BCUT2D eigenvalue weighted by molar-refractivity contribution is -0.145. The number of benzene rings is 5. The molecule has 90 heavy (non-hydrogen) atoms. The number of piperidine rings is 2. The van der Waals surface area contributed by atoms with Gasteiger partial charge in [0.2, 0.25) is 0 Å². The molecular weight excluding hydrogens is 1210 g/mol. The second-order valence-corrected chi connectivity index (χ2v) is 22.7. The molecule has 4 heterocycles. The van der Waals surface area contributed by atoms with E-state index in [4.69, 9.17) is 14.2 Å². The Bertz CT molecular complexity index is 3670. The van der Waals surface area contributed by atoms with Crippen molar-refractivity contribution in [2.75, 3.05) is 26.3 Å². The van der Waals surface area contributed by atoms with Crippen LogP contribution in [0.2, 0.25) is 0 Å². The Kier molecular flexibility index (Phi) is 20.0. The molecule has 482 valence electrons. The normalized spacial score (nSPS) is 21.4. The topological polar surface area (TPSA) is 196 Å². The average molecular weight is 1280 g/mol. The number of nitrogens with zero attached hydrogens (tertiary/aromatic N) is 5. The van der Waals surface area contributed by atoms with Gasteiger partial charge in [-0.1, -0.05) is 91.0 Å². The van der Waals surface area contributed by atoms with Crippen LogP contribution in [0.1, 0.15) is 128 Å². The third-order valence-corrected chi connectivity index (χ3v) is 16.4. The van der Waals surface area contributed by atoms with E-state index >= 15 is 0 Å². The monoisotopic (exact) mass is 1270 g/mol. The molecule has 6 atom stereocenters. The second-order valence-electron chi connectivity index (χ2n) is 22.7. The van der Waals surface area contributed by atoms with Gasteiger partial charge >= 0.3 is 42.2 Å². The molecule has 5 aromatic carbocycles. The SMILES string of the molecule is CC(=O)C[C@]1(n2cn[nH]c2=O)CC[C@@](CO[C@H](C)c2cc(C(F)(F)F)cc(C(F)(F)F)c2)(c2ccccc2)N(C(=O)OCc2ccccc2)C1.CC(=O)C[C@]1(n2cn[nH]c2=O)CC[C@@](CO[C@H](C)c2cc(C(F)(F)F)cc(C(F)(F)F)c2)(c2ccccc2)NC1. The highest BCUT2D eigenvalue weighted by molar-refractivity contribution is 5.77. The molecule has 0 aliphatic carbocycles. The van der Waals surface area contributed by atoms with Crippen molar-refractivity contribution in [1.29, 1.82) is 0 Å². The van der Waals surface area contributed by atoms with Crippen LogP contribution in [0.3, 0.4) is 0 Å². The number of halogens is 12. The van der Waals surface area contributed by atoms with Crippen LogP contribution in [0.15, 0.2) is 150 Å². The maximum Gasteiger partial charge on any atom is 0.416 e. The number of likely N-dealkylation sites (tertiary alicyclic amines) is 1. The van der Waals surface area contributed by atoms with E-state index in [1.165, 1.54) is 54.4 Å². The van der Waals surface area contributed by atoms with Crippen molar-refractivity contribution in [2.45, 2.75) is 132 Å². The fraction of sp³-hybridized carbons (Fsp3) is 0.403. The van der Waals surface area contributed by atoms with Crippen LogP contribution < -0.4 is 16.7 Å². The lowest BCUT2D eigenvalue weighted by Gasteiger charge is -2.53. The van der Waals surface area contributed by atoms with Gasteiger partial charge in [0.05, 0.1) is 69.8 Å². The summed E-state index contributed by atoms with van der Waals surface area (Å²) in [6.07, 6.45) is -20.0. The van der Waals surface area contributed by atoms with Gasteiger partial charge in [-0.2, -0.15) is 62.9 Å². The number of Topliss-reactive ketones (excluding diaryl/α,β-unsaturated/α-hetero) is 2. The molecule has 3 N–H and O–H groups in total. The number of carbonyl (C=O) groups excluding carboxylic acids is 3. The van der Waals surface area contributed by atoms with Crippen LogP contribution in [0.4, 0.5) is 57.5 Å². The second kappa shape index (κ2) is 26.6. The number of alkyl halides is 12. The van der Waals surface area contributed by atoms with E-state index in [0.29, 0.717) is 48.2 Å². The van der Waals surface area contributed by atoms with Gasteiger partial charge in [-0.05, 0) is 118 Å². The molecule has 9 rings (SSSR count). The number of ketones is 2. The van der Waals surface area contributed by atoms with Crippen LogP contribution in [0.25, 0.3) is 0 Å². The minimum Gasteiger partial charge on any atom is -0.445 e. The predicted molar refractivity (Wildman–Crippen MR) is 300 cm³/mol. The Morgan fingerprint density at radius 1 is 0.544 bits per heavy atom. The van der Waals surface area contributed by atoms with E-state index < -0.39 is 105 Å². The summed E-state index contributed by atoms with van der Waals surface area (Å²) in [6.45, 7) is 4.73. The minimum atomic E-state index is -5.06. The molecule has 2 aliphatic heterocycles. The number of H-pyrrole nitrogens is 2. The predicted octanol–water partition coefficient (Wildman–Crippen LogP) is 12.7. The van der Waals surface area contributed by atoms with Gasteiger partial charge in [0.15, 0.2) is 0 Å². The van der Waals surface area contributed by atoms with E-state index in [2.05, 4.69) is 25.7 Å². The maximum absolute atomic E-state index is 14.2. The van der Waals surface area contributed by atoms with Gasteiger partial charge in [-0.3, -0.25) is 23.6 Å². The number of hydrogen-bond acceptors (Lipinski definition) is 11. The van der Waals surface area contributed by atoms with Crippen LogP contribution in [-0.2, 0) is 77.3 Å². The van der Waals surface area contributed by atoms with Gasteiger partial charge in [-0.25, -0.2) is 24.6 Å². The fourth-order valence-corrected chi connectivity index (χ4v) is 11.7. The third-order valence-electron chi connectivity index (χ3n) is 16.4. The Morgan fingerprint density at radius 3 is 1.37 bits per heavy atom. The first-order valence-corrected chi connectivity index (χ1v) is 28.1. The van der Waals surface area contributed by atoms with Crippen LogP contribution in [-0.4, -0.2) is 78.4 Å². The summed E-state index contributed by atoms with van der Waals surface area (Å²) in [5.74, 6) is -0.421. The summed E-state index contributed by atoms with van der Waals surface area (Å²) in [7, 11) is 0. The molecule has 2 saturated heterocycles. The van der Waals surface area contributed by atoms with Crippen LogP contribution >= 0.6 is 0 Å². The number of amides is 1. The van der Waals surface area contributed by atoms with Gasteiger partial charge in [0, 0.05) is 25.9 Å². The molecule has 0 unspecified atom stereocenters. The Balaban J connectivity index is 0.000000238. The summed E-state index contributed by atoms with van der Waals surface area (Å²) in [6, 6.07) is 29.0. The first-order valence-electron chi connectivity index (χ1n) is 28.1. The molecular formula is C62H62F12N8O8. The number of rotatable bonds is 18. The lowest BCUT2D eigenvalue weighted by Crippen LogP contribution is -2.64. The van der Waals surface area contributed by atoms with E-state index in [9.17, 15) is 76.7 Å². The Labute approximate surface area is 506 Å². The summed E-state index contributed by atoms with van der Waals surface area (Å²) in [5.41, 5.74) is -10.1. The minimum absolute atomic E-state index is 0.0414. The summed E-state index contributed by atoms with van der Waals surface area (Å²) in [4.78, 5) is 65.7. The van der Waals surface area contributed by atoms with Gasteiger partial charge in [0.1, 0.15) is 30.8 Å². The molecule has 0 spiro atoms. The number of nitrogens with one attached hydrogen (secondary N) is 3. The number of hydrogen-bond donors (Lipinski definition) is 3. The standard InChI is InChI=1S/C35H34F6N4O5.C27H28F6N4O3/c1-23(46)18-32(45-22-42-43-30(45)47)13-14-33(27-11-7-4-8-12-27,44(20-32)31(48)49-19-25-9-5-3-6-10-25)21-50-24(2)26-15-28(34(36,37)38)17-29(16-26)35(39,40)41;1-17(38)13-24(37-16-35-36-23(37)39)8-9-25(34-14-24,20-6-4-3-5-7-20)15-40-18(2)19-10-21(26(28,29)30)12-22(11-19)27(31,32)33/h3-12,15-17,22,24H,13-14,18-21H2,1-2H3,(H,43,47);3-7,10-12,16,18,34H,8-9,13-15H2,1-2H3,(H,36,39)/t24-,32-,33-;18-,24-,25-/m11/s1. The molecule has 28 heteroatoms. The van der Waals surface area contributed by atoms with Crippen molar-refractivity contribution in [3.63, 3.8) is 0 Å². The van der Waals surface area contributed by atoms with Crippen LogP contribution in [0.5, 0.6) is 0 Å². The van der Waals surface area contributed by atoms with E-state index in [1.54, 1.807) is 78.9 Å². The van der Waals surface area contributed by atoms with Gasteiger partial charge < -0.3 is 19.5 Å². The van der Waals surface area contributed by atoms with Crippen molar-refractivity contribution in [1.82, 2.24) is 39.7 Å². The van der Waals surface area contributed by atoms with Gasteiger partial charge in [-0.15, -0.1) is 0 Å². The number of aromatic nitrogens is 6. The summed E-state index contributed by atoms with van der Waals surface area (Å²) in [5, 5.41) is 15.7. The largest absolute Gasteiger partial charge is 0.445 e. The van der Waals surface area contributed by atoms with Crippen molar-refractivity contribution >= 4 is 17.7 Å². The highest BCUT2D eigenvalue weighted by Gasteiger charge is 2.54. The van der Waals surface area contributed by atoms with E-state index in [1.807, 2.05) is 12.1 Å². The smallest absolute Gasteiger partial charge is 0.416 e. The van der Waals surface area contributed by atoms with Crippen molar-refractivity contribution in [2.24, 2.45) is 0 Å². The molecule has 16 nitrogen and oxygen atoms in total. The molecule has 0 radical (unpaired) electrons. The van der Waals surface area contributed by atoms with Crippen molar-refractivity contribution in [3.05, 3.63) is 211 Å². The summed E-state index contributed by atoms with van der Waals surface area (Å²) >= 11 is 0. The molecule has 2 fully saturated rings. The number of carbonyl (C=O) groups is 3. The zero-order chi connectivity index (χ0) is 65.7. The van der Waals surface area contributed by atoms with Crippen molar-refractivity contribution in [3.8, 4) is 0 Å². The average Bonchev–Trinajstić information content (AvgIpc) is 0.990. The van der Waals surface area contributed by atoms with E-state index in [-0.39, 0.29) is 86.8 Å². The molecule has 7 aromatic rings. The molecule has 1 amide bonds. The highest BCUT2D eigenvalue weighted by Crippen LogP contribution is 2.48. The fourth-order valence-electron chi connectivity index (χ4n) is 11.7. The van der Waals surface area contributed by atoms with Crippen molar-refractivity contribution < 1.29 is 81.3 Å². The number of ether oxygens (including phenoxy) is 3. The quantitative estimate of drug-likeness (QED) is 0.0692. The molecule has 2 aliphatic rings. The molecule has 2 aromatic heterocycles. The highest BCUT2D eigenvalue weighted by atomic mass is 19.4. The van der Waals surface area contributed by atoms with Gasteiger partial charge in [0.25, 0.3) is 0 Å². The zero-order valence-electron chi connectivity index (χ0n) is 48.7. The van der Waals surface area contributed by atoms with E-state index in [0.717, 1.165) is 5.56 Å². The lowest BCUT2D eigenvalue weighted by atomic mass is 9.73. The third kappa shape index (κ3) is 15.4. The first-order chi connectivity index (χ1) is 42.2. The summed E-state index contributed by atoms with van der Waals surface area (Å²) < 4.78 is 183. The molecule has 0 bridgehead atoms. The Hall–Kier alpha value is -8.37. The maximum atomic E-state index is 14.2. The van der Waals surface area contributed by atoms with Crippen LogP contribution in [0, 0.1) is 0 Å². The number of aromatic amines is 2. The molecule has 0 saturated carbocycles. The zero-order valence-corrected chi connectivity index (χ0v) is 48.7.